The molecule has 0 fully saturated rings. The second-order valence-corrected chi connectivity index (χ2v) is 3.82. The molecule has 0 saturated carbocycles. The molecule has 2 nitrogen and oxygen atoms in total. The lowest BCUT2D eigenvalue weighted by Gasteiger charge is -2.35. The van der Waals surface area contributed by atoms with Crippen molar-refractivity contribution in [2.45, 2.75) is 33.2 Å². The second kappa shape index (κ2) is 2.67. The number of rotatable bonds is 2. The van der Waals surface area contributed by atoms with E-state index in [9.17, 15) is 4.79 Å². The number of carbonyl (C=O) groups excluding carboxylic acids is 1. The van der Waals surface area contributed by atoms with Gasteiger partial charge in [-0.15, -0.1) is 6.42 Å². The number of hydrogen-bond acceptors (Lipinski definition) is 2. The van der Waals surface area contributed by atoms with Crippen LogP contribution in [0.3, 0.4) is 0 Å². The summed E-state index contributed by atoms with van der Waals surface area (Å²) in [5, 5.41) is 0. The summed E-state index contributed by atoms with van der Waals surface area (Å²) in [5.74, 6) is 1.85. The quantitative estimate of drug-likeness (QED) is 0.474. The van der Waals surface area contributed by atoms with Crippen molar-refractivity contribution in [3.8, 4) is 12.3 Å². The lowest BCUT2D eigenvalue weighted by atomic mass is 9.72. The molecule has 0 spiro atoms. The standard InChI is InChI=1S/C9H15NO/c1-6-7(11)8(2,3)9(4,5)10/h1H,10H2,2-5H3. The molecule has 0 aliphatic rings. The van der Waals surface area contributed by atoms with Gasteiger partial charge < -0.3 is 5.73 Å². The first-order valence-electron chi connectivity index (χ1n) is 3.53. The number of hydrogen-bond donors (Lipinski definition) is 1. The SMILES string of the molecule is C#CC(=O)C(C)(C)C(C)(C)N. The van der Waals surface area contributed by atoms with E-state index in [0.717, 1.165) is 0 Å². The van der Waals surface area contributed by atoms with Crippen LogP contribution in [0.4, 0.5) is 0 Å². The molecule has 0 rings (SSSR count). The molecule has 0 aromatic heterocycles. The molecule has 0 unspecified atom stereocenters. The molecule has 0 bridgehead atoms. The average Bonchev–Trinajstić information content (AvgIpc) is 1.83. The molecule has 11 heavy (non-hydrogen) atoms. The molecule has 62 valence electrons. The Hall–Kier alpha value is -0.810. The molecule has 0 aromatic carbocycles. The second-order valence-electron chi connectivity index (χ2n) is 3.82. The maximum absolute atomic E-state index is 11.2. The first-order valence-corrected chi connectivity index (χ1v) is 3.53. The molecular weight excluding hydrogens is 138 g/mol. The summed E-state index contributed by atoms with van der Waals surface area (Å²) >= 11 is 0. The molecule has 0 radical (unpaired) electrons. The van der Waals surface area contributed by atoms with Crippen molar-refractivity contribution in [3.63, 3.8) is 0 Å². The minimum Gasteiger partial charge on any atom is -0.325 e. The minimum absolute atomic E-state index is 0.245. The predicted molar refractivity (Wildman–Crippen MR) is 45.9 cm³/mol. The highest BCUT2D eigenvalue weighted by Gasteiger charge is 2.39. The van der Waals surface area contributed by atoms with Gasteiger partial charge in [0.1, 0.15) is 0 Å². The van der Waals surface area contributed by atoms with Crippen LogP contribution >= 0.6 is 0 Å². The smallest absolute Gasteiger partial charge is 0.212 e. The van der Waals surface area contributed by atoms with Gasteiger partial charge in [0.15, 0.2) is 0 Å². The van der Waals surface area contributed by atoms with E-state index >= 15 is 0 Å². The van der Waals surface area contributed by atoms with E-state index in [1.54, 1.807) is 27.7 Å². The molecule has 0 aliphatic carbocycles. The highest BCUT2D eigenvalue weighted by molar-refractivity contribution is 5.99. The van der Waals surface area contributed by atoms with Crippen molar-refractivity contribution in [1.29, 1.82) is 0 Å². The van der Waals surface area contributed by atoms with Crippen LogP contribution in [0.2, 0.25) is 0 Å². The van der Waals surface area contributed by atoms with Crippen LogP contribution in [-0.2, 0) is 4.79 Å². The third-order valence-electron chi connectivity index (χ3n) is 2.31. The predicted octanol–water partition coefficient (Wildman–Crippen LogP) is 0.952. The van der Waals surface area contributed by atoms with E-state index in [1.807, 2.05) is 0 Å². The molecule has 2 heteroatoms. The van der Waals surface area contributed by atoms with Gasteiger partial charge in [-0.05, 0) is 19.8 Å². The van der Waals surface area contributed by atoms with Crippen molar-refractivity contribution >= 4 is 5.78 Å². The number of ketones is 1. The monoisotopic (exact) mass is 153 g/mol. The Morgan fingerprint density at radius 2 is 1.73 bits per heavy atom. The maximum Gasteiger partial charge on any atom is 0.212 e. The Kier molecular flexibility index (Phi) is 2.47. The lowest BCUT2D eigenvalue weighted by Crippen LogP contribution is -2.51. The zero-order valence-electron chi connectivity index (χ0n) is 7.56. The van der Waals surface area contributed by atoms with Crippen molar-refractivity contribution in [3.05, 3.63) is 0 Å². The summed E-state index contributed by atoms with van der Waals surface area (Å²) in [6, 6.07) is 0. The lowest BCUT2D eigenvalue weighted by molar-refractivity contribution is -0.123. The first kappa shape index (κ1) is 10.2. The minimum atomic E-state index is -0.651. The van der Waals surface area contributed by atoms with Crippen LogP contribution in [0.25, 0.3) is 0 Å². The summed E-state index contributed by atoms with van der Waals surface area (Å²) in [5.41, 5.74) is 4.55. The number of Topliss-reactive ketones (excluding diaryl/α,β-unsaturated/α-hetero) is 1. The molecule has 0 atom stereocenters. The molecule has 0 amide bonds. The van der Waals surface area contributed by atoms with Gasteiger partial charge in [0.25, 0.3) is 0 Å². The van der Waals surface area contributed by atoms with Crippen LogP contribution in [0.1, 0.15) is 27.7 Å². The molecule has 0 aromatic rings. The third kappa shape index (κ3) is 1.81. The Morgan fingerprint density at radius 1 is 1.36 bits per heavy atom. The van der Waals surface area contributed by atoms with Crippen LogP contribution in [-0.4, -0.2) is 11.3 Å². The van der Waals surface area contributed by atoms with Gasteiger partial charge in [0.05, 0.1) is 5.41 Å². The van der Waals surface area contributed by atoms with Gasteiger partial charge in [-0.1, -0.05) is 13.8 Å². The fourth-order valence-corrected chi connectivity index (χ4v) is 0.473. The summed E-state index contributed by atoms with van der Waals surface area (Å²) in [6.45, 7) is 7.11. The third-order valence-corrected chi connectivity index (χ3v) is 2.31. The van der Waals surface area contributed by atoms with Crippen molar-refractivity contribution in [2.75, 3.05) is 0 Å². The van der Waals surface area contributed by atoms with Crippen LogP contribution in [0.5, 0.6) is 0 Å². The Balaban J connectivity index is 4.77. The van der Waals surface area contributed by atoms with Crippen LogP contribution in [0, 0.1) is 17.8 Å². The maximum atomic E-state index is 11.2. The van der Waals surface area contributed by atoms with Crippen molar-refractivity contribution in [1.82, 2.24) is 0 Å². The summed E-state index contributed by atoms with van der Waals surface area (Å²) in [7, 11) is 0. The van der Waals surface area contributed by atoms with Gasteiger partial charge in [-0.3, -0.25) is 4.79 Å². The summed E-state index contributed by atoms with van der Waals surface area (Å²) in [6.07, 6.45) is 5.00. The summed E-state index contributed by atoms with van der Waals surface area (Å²) < 4.78 is 0. The molecular formula is C9H15NO. The van der Waals surface area contributed by atoms with E-state index in [-0.39, 0.29) is 5.78 Å². The van der Waals surface area contributed by atoms with Crippen LogP contribution < -0.4 is 5.73 Å². The van der Waals surface area contributed by atoms with Crippen molar-refractivity contribution in [2.24, 2.45) is 11.1 Å². The van der Waals surface area contributed by atoms with Crippen molar-refractivity contribution < 1.29 is 4.79 Å². The number of nitrogens with two attached hydrogens (primary N) is 1. The average molecular weight is 153 g/mol. The topological polar surface area (TPSA) is 43.1 Å². The first-order chi connectivity index (χ1) is 4.73. The summed E-state index contributed by atoms with van der Waals surface area (Å²) in [4.78, 5) is 11.2. The van der Waals surface area contributed by atoms with Gasteiger partial charge in [-0.2, -0.15) is 0 Å². The highest BCUT2D eigenvalue weighted by atomic mass is 16.1. The molecule has 0 heterocycles. The Morgan fingerprint density at radius 3 is 1.82 bits per heavy atom. The van der Waals surface area contributed by atoms with E-state index in [4.69, 9.17) is 12.2 Å². The van der Waals surface area contributed by atoms with E-state index < -0.39 is 11.0 Å². The zero-order valence-corrected chi connectivity index (χ0v) is 7.56. The fourth-order valence-electron chi connectivity index (χ4n) is 0.473. The molecule has 0 aliphatic heterocycles. The zero-order chi connectivity index (χ0) is 9.28. The molecule has 2 N–H and O–H groups in total. The number of carbonyl (C=O) groups is 1. The van der Waals surface area contributed by atoms with Gasteiger partial charge in [0.2, 0.25) is 5.78 Å². The number of terminal acetylenes is 1. The van der Waals surface area contributed by atoms with E-state index in [2.05, 4.69) is 5.92 Å². The largest absolute Gasteiger partial charge is 0.325 e. The fraction of sp³-hybridized carbons (Fsp3) is 0.667. The van der Waals surface area contributed by atoms with Crippen LogP contribution in [0.15, 0.2) is 0 Å². The van der Waals surface area contributed by atoms with E-state index in [0.29, 0.717) is 0 Å². The highest BCUT2D eigenvalue weighted by Crippen LogP contribution is 2.28. The van der Waals surface area contributed by atoms with Gasteiger partial charge >= 0.3 is 0 Å². The van der Waals surface area contributed by atoms with Gasteiger partial charge in [0, 0.05) is 5.54 Å². The van der Waals surface area contributed by atoms with E-state index in [1.165, 1.54) is 0 Å². The Labute approximate surface area is 68.2 Å². The van der Waals surface area contributed by atoms with Gasteiger partial charge in [-0.25, -0.2) is 0 Å². The molecule has 0 saturated heterocycles. The normalized spacial score (nSPS) is 12.4. The Bertz CT molecular complexity index is 203.